The lowest BCUT2D eigenvalue weighted by Crippen LogP contribution is -2.10. The van der Waals surface area contributed by atoms with Gasteiger partial charge in [-0.1, -0.05) is 35.9 Å². The first-order chi connectivity index (χ1) is 12.6. The molecule has 4 aromatic rings. The predicted molar refractivity (Wildman–Crippen MR) is 98.9 cm³/mol. The fraction of sp³-hybridized carbons (Fsp3) is 0.143. The van der Waals surface area contributed by atoms with Gasteiger partial charge < -0.3 is 13.9 Å². The Labute approximate surface area is 150 Å². The van der Waals surface area contributed by atoms with E-state index in [9.17, 15) is 9.59 Å². The van der Waals surface area contributed by atoms with Crippen molar-refractivity contribution in [2.75, 3.05) is 14.2 Å². The Kier molecular flexibility index (Phi) is 3.65. The lowest BCUT2D eigenvalue weighted by molar-refractivity contribution is 0.0559. The number of nitrogens with zero attached hydrogens (tertiary/aromatic N) is 1. The van der Waals surface area contributed by atoms with Gasteiger partial charge >= 0.3 is 11.9 Å². The number of aromatic nitrogens is 1. The van der Waals surface area contributed by atoms with Crippen molar-refractivity contribution in [3.05, 3.63) is 65.2 Å². The Morgan fingerprint density at radius 2 is 1.54 bits per heavy atom. The molecule has 0 aliphatic heterocycles. The summed E-state index contributed by atoms with van der Waals surface area (Å²) in [5, 5.41) is 0. The zero-order valence-electron chi connectivity index (χ0n) is 14.7. The second-order valence-electron chi connectivity index (χ2n) is 6.18. The fourth-order valence-corrected chi connectivity index (χ4v) is 3.48. The van der Waals surface area contributed by atoms with Crippen LogP contribution in [0.3, 0.4) is 0 Å². The molecule has 0 saturated carbocycles. The highest BCUT2D eigenvalue weighted by molar-refractivity contribution is 6.17. The second-order valence-corrected chi connectivity index (χ2v) is 6.18. The average molecular weight is 347 g/mol. The van der Waals surface area contributed by atoms with E-state index in [2.05, 4.69) is 0 Å². The standard InChI is InChI=1S/C21H17NO4/c1-12-7-9-13(10-8-12)15-11-14-5-4-6-16-17(20(23)25-2)18(21(24)26-3)19(15)22(14)16/h4-11H,1-3H3. The summed E-state index contributed by atoms with van der Waals surface area (Å²) in [6.07, 6.45) is 0. The van der Waals surface area contributed by atoms with Crippen LogP contribution in [0.25, 0.3) is 27.7 Å². The van der Waals surface area contributed by atoms with Crippen LogP contribution >= 0.6 is 0 Å². The molecule has 0 unspecified atom stereocenters. The van der Waals surface area contributed by atoms with Crippen molar-refractivity contribution >= 4 is 28.5 Å². The van der Waals surface area contributed by atoms with Crippen molar-refractivity contribution in [2.45, 2.75) is 6.92 Å². The van der Waals surface area contributed by atoms with E-state index in [1.165, 1.54) is 14.2 Å². The first-order valence-corrected chi connectivity index (χ1v) is 8.20. The van der Waals surface area contributed by atoms with E-state index in [1.54, 1.807) is 6.07 Å². The molecule has 26 heavy (non-hydrogen) atoms. The van der Waals surface area contributed by atoms with Crippen molar-refractivity contribution < 1.29 is 19.1 Å². The molecule has 0 fully saturated rings. The Bertz CT molecular complexity index is 1140. The van der Waals surface area contributed by atoms with E-state index in [4.69, 9.17) is 9.47 Å². The molecule has 1 aromatic carbocycles. The molecule has 130 valence electrons. The normalized spacial score (nSPS) is 11.2. The smallest absolute Gasteiger partial charge is 0.340 e. The van der Waals surface area contributed by atoms with Crippen molar-refractivity contribution in [1.29, 1.82) is 0 Å². The molecule has 3 aromatic heterocycles. The van der Waals surface area contributed by atoms with Gasteiger partial charge in [-0.3, -0.25) is 0 Å². The molecule has 0 radical (unpaired) electrons. The summed E-state index contributed by atoms with van der Waals surface area (Å²) in [5.74, 6) is -1.12. The third-order valence-corrected chi connectivity index (χ3v) is 4.68. The van der Waals surface area contributed by atoms with Crippen molar-refractivity contribution in [1.82, 2.24) is 4.40 Å². The van der Waals surface area contributed by atoms with Crippen molar-refractivity contribution in [2.24, 2.45) is 0 Å². The summed E-state index contributed by atoms with van der Waals surface area (Å²) in [6.45, 7) is 2.02. The van der Waals surface area contributed by atoms with Crippen LogP contribution in [0.15, 0.2) is 48.5 Å². The minimum Gasteiger partial charge on any atom is -0.465 e. The lowest BCUT2D eigenvalue weighted by Gasteiger charge is -2.04. The summed E-state index contributed by atoms with van der Waals surface area (Å²) in [4.78, 5) is 25.0. The van der Waals surface area contributed by atoms with E-state index >= 15 is 0 Å². The Morgan fingerprint density at radius 3 is 2.19 bits per heavy atom. The fourth-order valence-electron chi connectivity index (χ4n) is 3.48. The molecule has 5 heteroatoms. The Hall–Kier alpha value is -3.34. The van der Waals surface area contributed by atoms with Crippen LogP contribution < -0.4 is 0 Å². The quantitative estimate of drug-likeness (QED) is 0.524. The van der Waals surface area contributed by atoms with Gasteiger partial charge in [-0.2, -0.15) is 0 Å². The molecule has 0 aliphatic carbocycles. The first kappa shape index (κ1) is 16.1. The van der Waals surface area contributed by atoms with Gasteiger partial charge in [-0.25, -0.2) is 9.59 Å². The molecule has 0 N–H and O–H groups in total. The number of pyridine rings is 1. The van der Waals surface area contributed by atoms with E-state index in [1.807, 2.05) is 53.8 Å². The highest BCUT2D eigenvalue weighted by atomic mass is 16.5. The number of esters is 2. The number of carbonyl (C=O) groups is 2. The monoisotopic (exact) mass is 347 g/mol. The van der Waals surface area contributed by atoms with Crippen LogP contribution in [0.4, 0.5) is 0 Å². The molecule has 0 spiro atoms. The summed E-state index contributed by atoms with van der Waals surface area (Å²) < 4.78 is 11.8. The number of aryl methyl sites for hydroxylation is 1. The highest BCUT2D eigenvalue weighted by Crippen LogP contribution is 2.38. The summed E-state index contributed by atoms with van der Waals surface area (Å²) in [6, 6.07) is 15.7. The van der Waals surface area contributed by atoms with Crippen LogP contribution in [-0.4, -0.2) is 30.6 Å². The van der Waals surface area contributed by atoms with Gasteiger partial charge in [0.1, 0.15) is 11.1 Å². The maximum absolute atomic E-state index is 12.6. The van der Waals surface area contributed by atoms with E-state index in [-0.39, 0.29) is 11.1 Å². The molecule has 3 heterocycles. The minimum absolute atomic E-state index is 0.230. The molecular formula is C21H17NO4. The number of benzene rings is 1. The molecule has 0 aliphatic rings. The molecule has 0 amide bonds. The maximum atomic E-state index is 12.6. The van der Waals surface area contributed by atoms with Gasteiger partial charge in [0.05, 0.1) is 25.3 Å². The largest absolute Gasteiger partial charge is 0.465 e. The second kappa shape index (κ2) is 5.88. The van der Waals surface area contributed by atoms with Crippen LogP contribution in [0.2, 0.25) is 0 Å². The zero-order valence-corrected chi connectivity index (χ0v) is 14.7. The van der Waals surface area contributed by atoms with Crippen molar-refractivity contribution in [3.63, 3.8) is 0 Å². The zero-order chi connectivity index (χ0) is 18.4. The number of carbonyl (C=O) groups excluding carboxylic acids is 2. The Balaban J connectivity index is 2.17. The van der Waals surface area contributed by atoms with Gasteiger partial charge in [0, 0.05) is 11.1 Å². The SMILES string of the molecule is COC(=O)c1c(C(=O)OC)c2c(-c3ccc(C)cc3)cc3cccc1n32. The predicted octanol–water partition coefficient (Wildman–Crippen LogP) is 4.08. The van der Waals surface area contributed by atoms with E-state index in [0.29, 0.717) is 11.0 Å². The van der Waals surface area contributed by atoms with Gasteiger partial charge in [0.2, 0.25) is 0 Å². The molecule has 0 bridgehead atoms. The van der Waals surface area contributed by atoms with Gasteiger partial charge in [0.15, 0.2) is 0 Å². The first-order valence-electron chi connectivity index (χ1n) is 8.20. The number of methoxy groups -OCH3 is 2. The number of rotatable bonds is 3. The minimum atomic E-state index is -0.560. The highest BCUT2D eigenvalue weighted by Gasteiger charge is 2.30. The van der Waals surface area contributed by atoms with Gasteiger partial charge in [-0.05, 0) is 30.7 Å². The van der Waals surface area contributed by atoms with Crippen LogP contribution in [0.5, 0.6) is 0 Å². The van der Waals surface area contributed by atoms with Gasteiger partial charge in [-0.15, -0.1) is 0 Å². The topological polar surface area (TPSA) is 57.0 Å². The molecule has 0 saturated heterocycles. The Morgan fingerprint density at radius 1 is 0.885 bits per heavy atom. The van der Waals surface area contributed by atoms with Crippen LogP contribution in [0.1, 0.15) is 26.3 Å². The van der Waals surface area contributed by atoms with Gasteiger partial charge in [0.25, 0.3) is 0 Å². The summed E-state index contributed by atoms with van der Waals surface area (Å²) in [5.41, 5.74) is 5.63. The van der Waals surface area contributed by atoms with E-state index < -0.39 is 11.9 Å². The maximum Gasteiger partial charge on any atom is 0.340 e. The third kappa shape index (κ3) is 2.17. The van der Waals surface area contributed by atoms with Crippen molar-refractivity contribution in [3.8, 4) is 11.1 Å². The van der Waals surface area contributed by atoms with Crippen LogP contribution in [-0.2, 0) is 9.47 Å². The number of ether oxygens (including phenoxy) is 2. The lowest BCUT2D eigenvalue weighted by atomic mass is 10.0. The molecule has 4 rings (SSSR count). The molecular weight excluding hydrogens is 330 g/mol. The summed E-state index contributed by atoms with van der Waals surface area (Å²) in [7, 11) is 2.61. The number of hydrogen-bond donors (Lipinski definition) is 0. The van der Waals surface area contributed by atoms with Crippen LogP contribution in [0, 0.1) is 6.92 Å². The molecule has 5 nitrogen and oxygen atoms in total. The van der Waals surface area contributed by atoms with E-state index in [0.717, 1.165) is 22.2 Å². The number of hydrogen-bond acceptors (Lipinski definition) is 4. The molecule has 0 atom stereocenters. The summed E-state index contributed by atoms with van der Waals surface area (Å²) >= 11 is 0. The average Bonchev–Trinajstić information content (AvgIpc) is 3.21. The third-order valence-electron chi connectivity index (χ3n) is 4.68.